The average Bonchev–Trinajstić information content (AvgIpc) is 3.19. The standard InChI is InChI=1S/C21H20N2O4/c1-26-20-13-23-18(11-19(20)27-17-7-2-3-8-17)16(12-22)10-14-5-4-6-15(9-14)21(24)25/h4-6,9-11,13,17H,2-3,7-8H2,1H3,(H,24,25)/b16-10+. The molecule has 0 spiro atoms. The first kappa shape index (κ1) is 18.5. The lowest BCUT2D eigenvalue weighted by Crippen LogP contribution is -2.12. The summed E-state index contributed by atoms with van der Waals surface area (Å²) in [6.45, 7) is 0. The molecule has 1 N–H and O–H groups in total. The first-order chi connectivity index (χ1) is 13.1. The molecule has 1 aromatic carbocycles. The van der Waals surface area contributed by atoms with Crippen LogP contribution in [0.1, 0.15) is 47.3 Å². The number of carboxylic acid groups (broad SMARTS) is 1. The number of aromatic nitrogens is 1. The highest BCUT2D eigenvalue weighted by Gasteiger charge is 2.19. The van der Waals surface area contributed by atoms with Crippen molar-refractivity contribution >= 4 is 17.6 Å². The topological polar surface area (TPSA) is 92.4 Å². The lowest BCUT2D eigenvalue weighted by atomic mass is 10.1. The number of benzene rings is 1. The van der Waals surface area contributed by atoms with Crippen molar-refractivity contribution in [3.8, 4) is 17.6 Å². The van der Waals surface area contributed by atoms with Gasteiger partial charge in [-0.2, -0.15) is 5.26 Å². The highest BCUT2D eigenvalue weighted by molar-refractivity contribution is 5.92. The number of hydrogen-bond acceptors (Lipinski definition) is 5. The maximum absolute atomic E-state index is 11.1. The van der Waals surface area contributed by atoms with E-state index in [-0.39, 0.29) is 11.7 Å². The van der Waals surface area contributed by atoms with Crippen LogP contribution in [0.4, 0.5) is 0 Å². The number of nitrogens with zero attached hydrogens (tertiary/aromatic N) is 2. The van der Waals surface area contributed by atoms with Crippen LogP contribution < -0.4 is 9.47 Å². The Bertz CT molecular complexity index is 909. The first-order valence-electron chi connectivity index (χ1n) is 8.77. The fraction of sp³-hybridized carbons (Fsp3) is 0.286. The monoisotopic (exact) mass is 364 g/mol. The molecule has 1 fully saturated rings. The molecule has 1 aliphatic rings. The van der Waals surface area contributed by atoms with Crippen molar-refractivity contribution in [2.45, 2.75) is 31.8 Å². The van der Waals surface area contributed by atoms with Crippen molar-refractivity contribution in [1.29, 1.82) is 5.26 Å². The second kappa shape index (κ2) is 8.37. The van der Waals surface area contributed by atoms with Crippen LogP contribution in [0.3, 0.4) is 0 Å². The number of ether oxygens (including phenoxy) is 2. The summed E-state index contributed by atoms with van der Waals surface area (Å²) in [4.78, 5) is 15.4. The molecule has 1 aromatic heterocycles. The second-order valence-electron chi connectivity index (χ2n) is 6.35. The SMILES string of the molecule is COc1cnc(/C(C#N)=C/c2cccc(C(=O)O)c2)cc1OC1CCCC1. The molecule has 0 bridgehead atoms. The molecule has 2 aromatic rings. The number of nitriles is 1. The van der Waals surface area contributed by atoms with Gasteiger partial charge in [0, 0.05) is 6.07 Å². The smallest absolute Gasteiger partial charge is 0.335 e. The number of rotatable bonds is 6. The van der Waals surface area contributed by atoms with E-state index in [0.29, 0.717) is 28.3 Å². The molecule has 3 rings (SSSR count). The number of hydrogen-bond donors (Lipinski definition) is 1. The maximum atomic E-state index is 11.1. The molecule has 1 aliphatic carbocycles. The number of allylic oxidation sites excluding steroid dienone is 1. The largest absolute Gasteiger partial charge is 0.491 e. The molecule has 6 nitrogen and oxygen atoms in total. The summed E-state index contributed by atoms with van der Waals surface area (Å²) in [5.41, 5.74) is 1.54. The molecule has 0 amide bonds. The van der Waals surface area contributed by atoms with Gasteiger partial charge in [0.05, 0.1) is 36.2 Å². The minimum Gasteiger partial charge on any atom is -0.491 e. The number of carboxylic acids is 1. The van der Waals surface area contributed by atoms with Crippen LogP contribution in [0.2, 0.25) is 0 Å². The third-order valence-corrected chi connectivity index (χ3v) is 4.49. The molecule has 0 aliphatic heterocycles. The van der Waals surface area contributed by atoms with E-state index in [4.69, 9.17) is 14.6 Å². The number of aromatic carboxylic acids is 1. The van der Waals surface area contributed by atoms with Crippen molar-refractivity contribution in [3.63, 3.8) is 0 Å². The Balaban J connectivity index is 1.94. The fourth-order valence-electron chi connectivity index (χ4n) is 3.09. The summed E-state index contributed by atoms with van der Waals surface area (Å²) in [5, 5.41) is 18.7. The Labute approximate surface area is 157 Å². The molecule has 1 saturated carbocycles. The van der Waals surface area contributed by atoms with Gasteiger partial charge < -0.3 is 14.6 Å². The summed E-state index contributed by atoms with van der Waals surface area (Å²) in [7, 11) is 1.55. The average molecular weight is 364 g/mol. The van der Waals surface area contributed by atoms with Crippen molar-refractivity contribution < 1.29 is 19.4 Å². The Kier molecular flexibility index (Phi) is 5.72. The molecule has 0 saturated heterocycles. The summed E-state index contributed by atoms with van der Waals surface area (Å²) in [6.07, 6.45) is 7.60. The van der Waals surface area contributed by atoms with Gasteiger partial charge in [-0.15, -0.1) is 0 Å². The normalized spacial score (nSPS) is 14.6. The van der Waals surface area contributed by atoms with E-state index in [2.05, 4.69) is 11.1 Å². The van der Waals surface area contributed by atoms with E-state index in [0.717, 1.165) is 25.7 Å². The van der Waals surface area contributed by atoms with E-state index >= 15 is 0 Å². The van der Waals surface area contributed by atoms with Crippen LogP contribution in [0.25, 0.3) is 11.6 Å². The molecular formula is C21H20N2O4. The van der Waals surface area contributed by atoms with Gasteiger partial charge in [0.25, 0.3) is 0 Å². The minimum absolute atomic E-state index is 0.149. The van der Waals surface area contributed by atoms with Crippen LogP contribution >= 0.6 is 0 Å². The first-order valence-corrected chi connectivity index (χ1v) is 8.77. The number of pyridine rings is 1. The third-order valence-electron chi connectivity index (χ3n) is 4.49. The van der Waals surface area contributed by atoms with Gasteiger partial charge in [-0.25, -0.2) is 4.79 Å². The van der Waals surface area contributed by atoms with Crippen molar-refractivity contribution in [3.05, 3.63) is 53.3 Å². The Morgan fingerprint density at radius 1 is 1.30 bits per heavy atom. The summed E-state index contributed by atoms with van der Waals surface area (Å²) < 4.78 is 11.4. The number of carbonyl (C=O) groups is 1. The Morgan fingerprint density at radius 2 is 2.07 bits per heavy atom. The molecule has 138 valence electrons. The zero-order valence-electron chi connectivity index (χ0n) is 15.0. The zero-order chi connectivity index (χ0) is 19.2. The van der Waals surface area contributed by atoms with Gasteiger partial charge in [0.2, 0.25) is 0 Å². The van der Waals surface area contributed by atoms with E-state index in [1.807, 2.05) is 0 Å². The van der Waals surface area contributed by atoms with Crippen LogP contribution in [-0.2, 0) is 0 Å². The molecule has 0 unspecified atom stereocenters. The van der Waals surface area contributed by atoms with Crippen LogP contribution in [0.5, 0.6) is 11.5 Å². The van der Waals surface area contributed by atoms with Crippen molar-refractivity contribution in [2.24, 2.45) is 0 Å². The molecular weight excluding hydrogens is 344 g/mol. The Hall–Kier alpha value is -3.33. The minimum atomic E-state index is -1.02. The lowest BCUT2D eigenvalue weighted by Gasteiger charge is -2.16. The zero-order valence-corrected chi connectivity index (χ0v) is 15.0. The molecule has 6 heteroatoms. The summed E-state index contributed by atoms with van der Waals surface area (Å²) in [5.74, 6) is 0.0734. The van der Waals surface area contributed by atoms with E-state index in [1.54, 1.807) is 37.6 Å². The Morgan fingerprint density at radius 3 is 2.74 bits per heavy atom. The quantitative estimate of drug-likeness (QED) is 0.773. The lowest BCUT2D eigenvalue weighted by molar-refractivity contribution is 0.0697. The van der Waals surface area contributed by atoms with E-state index in [1.165, 1.54) is 12.1 Å². The fourth-order valence-corrected chi connectivity index (χ4v) is 3.09. The predicted octanol–water partition coefficient (Wildman–Crippen LogP) is 4.17. The van der Waals surface area contributed by atoms with Crippen LogP contribution in [0.15, 0.2) is 36.5 Å². The van der Waals surface area contributed by atoms with Crippen molar-refractivity contribution in [2.75, 3.05) is 7.11 Å². The summed E-state index contributed by atoms with van der Waals surface area (Å²) in [6, 6.07) is 10.2. The van der Waals surface area contributed by atoms with Gasteiger partial charge in [-0.05, 0) is 49.5 Å². The van der Waals surface area contributed by atoms with Crippen LogP contribution in [0, 0.1) is 11.3 Å². The van der Waals surface area contributed by atoms with Crippen LogP contribution in [-0.4, -0.2) is 29.3 Å². The number of methoxy groups -OCH3 is 1. The third kappa shape index (κ3) is 4.45. The van der Waals surface area contributed by atoms with Gasteiger partial charge >= 0.3 is 5.97 Å². The summed E-state index contributed by atoms with van der Waals surface area (Å²) >= 11 is 0. The molecule has 0 radical (unpaired) electrons. The van der Waals surface area contributed by atoms with E-state index < -0.39 is 5.97 Å². The predicted molar refractivity (Wildman–Crippen MR) is 101 cm³/mol. The van der Waals surface area contributed by atoms with Gasteiger partial charge in [0.1, 0.15) is 6.07 Å². The highest BCUT2D eigenvalue weighted by Crippen LogP contribution is 2.33. The van der Waals surface area contributed by atoms with E-state index in [9.17, 15) is 10.1 Å². The molecule has 0 atom stereocenters. The molecule has 27 heavy (non-hydrogen) atoms. The van der Waals surface area contributed by atoms with Gasteiger partial charge in [-0.3, -0.25) is 4.98 Å². The second-order valence-corrected chi connectivity index (χ2v) is 6.35. The maximum Gasteiger partial charge on any atom is 0.335 e. The highest BCUT2D eigenvalue weighted by atomic mass is 16.5. The molecule has 1 heterocycles. The van der Waals surface area contributed by atoms with Gasteiger partial charge in [0.15, 0.2) is 11.5 Å². The van der Waals surface area contributed by atoms with Crippen molar-refractivity contribution in [1.82, 2.24) is 4.98 Å². The van der Waals surface area contributed by atoms with Gasteiger partial charge in [-0.1, -0.05) is 12.1 Å².